The van der Waals surface area contributed by atoms with Gasteiger partial charge in [-0.3, -0.25) is 9.78 Å². The van der Waals surface area contributed by atoms with Crippen LogP contribution < -0.4 is 9.47 Å². The van der Waals surface area contributed by atoms with Gasteiger partial charge in [-0.05, 0) is 18.6 Å². The molecule has 0 bridgehead atoms. The quantitative estimate of drug-likeness (QED) is 0.478. The van der Waals surface area contributed by atoms with Gasteiger partial charge in [0.05, 0.1) is 40.7 Å². The van der Waals surface area contributed by atoms with E-state index >= 15 is 0 Å². The highest BCUT2D eigenvalue weighted by Gasteiger charge is 2.21. The molecule has 27 heavy (non-hydrogen) atoms. The summed E-state index contributed by atoms with van der Waals surface area (Å²) < 4.78 is 11.6. The summed E-state index contributed by atoms with van der Waals surface area (Å²) in [6, 6.07) is 3.56. The fourth-order valence-corrected chi connectivity index (χ4v) is 4.39. The predicted octanol–water partition coefficient (Wildman–Crippen LogP) is 5.37. The van der Waals surface area contributed by atoms with E-state index in [1.165, 1.54) is 31.6 Å². The van der Waals surface area contributed by atoms with Crippen LogP contribution in [0.2, 0.25) is 10.0 Å². The smallest absolute Gasteiger partial charge is 0.155 e. The van der Waals surface area contributed by atoms with Gasteiger partial charge in [0.25, 0.3) is 0 Å². The third kappa shape index (κ3) is 3.93. The summed E-state index contributed by atoms with van der Waals surface area (Å²) in [6.07, 6.45) is 3.92. The van der Waals surface area contributed by atoms with Crippen molar-refractivity contribution in [1.82, 2.24) is 9.97 Å². The minimum atomic E-state index is -0.0103. The molecule has 5 nitrogen and oxygen atoms in total. The molecule has 3 rings (SSSR count). The molecule has 3 aromatic rings. The van der Waals surface area contributed by atoms with Crippen LogP contribution in [0, 0.1) is 0 Å². The highest BCUT2D eigenvalue weighted by atomic mass is 35.5. The number of aryl methyl sites for hydroxylation is 1. The lowest BCUT2D eigenvalue weighted by Crippen LogP contribution is -1.97. The average molecular weight is 423 g/mol. The first-order chi connectivity index (χ1) is 13.0. The Morgan fingerprint density at radius 1 is 1.22 bits per heavy atom. The largest absolute Gasteiger partial charge is 0.495 e. The van der Waals surface area contributed by atoms with E-state index in [-0.39, 0.29) is 5.78 Å². The molecule has 0 spiro atoms. The molecule has 1 aromatic carbocycles. The second kappa shape index (κ2) is 8.25. The van der Waals surface area contributed by atoms with Crippen LogP contribution in [0.3, 0.4) is 0 Å². The molecule has 8 heteroatoms. The fraction of sp³-hybridized carbons (Fsp3) is 0.211. The lowest BCUT2D eigenvalue weighted by molar-refractivity contribution is -0.114. The van der Waals surface area contributed by atoms with Crippen LogP contribution in [0.1, 0.15) is 12.1 Å². The van der Waals surface area contributed by atoms with Gasteiger partial charge in [-0.15, -0.1) is 11.3 Å². The number of fused-ring (bicyclic) bond motifs is 1. The molecule has 0 saturated heterocycles. The summed E-state index contributed by atoms with van der Waals surface area (Å²) in [6.45, 7) is 3.48. The molecule has 0 aliphatic carbocycles. The van der Waals surface area contributed by atoms with Crippen molar-refractivity contribution in [2.75, 3.05) is 14.2 Å². The zero-order chi connectivity index (χ0) is 19.6. The van der Waals surface area contributed by atoms with Gasteiger partial charge in [-0.1, -0.05) is 29.8 Å². The maximum atomic E-state index is 11.4. The van der Waals surface area contributed by atoms with E-state index in [0.717, 1.165) is 15.9 Å². The number of allylic oxidation sites excluding steroid dienone is 1. The number of pyridine rings is 1. The number of nitrogens with zero attached hydrogens (tertiary/aromatic N) is 2. The van der Waals surface area contributed by atoms with Crippen molar-refractivity contribution in [1.29, 1.82) is 0 Å². The Labute approximate surface area is 170 Å². The summed E-state index contributed by atoms with van der Waals surface area (Å²) in [4.78, 5) is 20.4. The summed E-state index contributed by atoms with van der Waals surface area (Å²) in [5.41, 5.74) is 2.09. The van der Waals surface area contributed by atoms with E-state index in [1.54, 1.807) is 12.3 Å². The standard InChI is InChI=1S/C19H16Cl2N2O3S/c1-4-11(24)6-5-10-7-15-12(9-22-10)23-19(27-15)16-17(20)13(25-2)8-14(26-3)18(16)21/h4,7-9H,1,5-6H2,2-3H3. The first-order valence-electron chi connectivity index (χ1n) is 7.99. The van der Waals surface area contributed by atoms with E-state index in [9.17, 15) is 4.79 Å². The van der Waals surface area contributed by atoms with E-state index in [0.29, 0.717) is 45.0 Å². The maximum absolute atomic E-state index is 11.4. The van der Waals surface area contributed by atoms with Gasteiger partial charge >= 0.3 is 0 Å². The molecule has 0 saturated carbocycles. The number of ether oxygens (including phenoxy) is 2. The Kier molecular flexibility index (Phi) is 5.99. The van der Waals surface area contributed by atoms with E-state index in [2.05, 4.69) is 16.5 Å². The number of halogens is 2. The number of hydrogen-bond acceptors (Lipinski definition) is 6. The zero-order valence-corrected chi connectivity index (χ0v) is 17.0. The van der Waals surface area contributed by atoms with E-state index in [4.69, 9.17) is 32.7 Å². The lowest BCUT2D eigenvalue weighted by Gasteiger charge is -2.12. The van der Waals surface area contributed by atoms with Crippen LogP contribution in [0.5, 0.6) is 11.5 Å². The second-order valence-electron chi connectivity index (χ2n) is 5.62. The molecule has 2 heterocycles. The molecule has 0 atom stereocenters. The number of benzene rings is 1. The van der Waals surface area contributed by atoms with Crippen LogP contribution >= 0.6 is 34.5 Å². The van der Waals surface area contributed by atoms with Gasteiger partial charge in [-0.25, -0.2) is 4.98 Å². The number of aromatic nitrogens is 2. The van der Waals surface area contributed by atoms with Gasteiger partial charge in [-0.2, -0.15) is 0 Å². The summed E-state index contributed by atoms with van der Waals surface area (Å²) >= 11 is 14.4. The Morgan fingerprint density at radius 3 is 2.48 bits per heavy atom. The topological polar surface area (TPSA) is 61.3 Å². The highest BCUT2D eigenvalue weighted by Crippen LogP contribution is 2.47. The van der Waals surface area contributed by atoms with Crippen molar-refractivity contribution in [3.05, 3.63) is 46.7 Å². The Morgan fingerprint density at radius 2 is 1.89 bits per heavy atom. The van der Waals surface area contributed by atoms with Crippen LogP contribution in [0.4, 0.5) is 0 Å². The Bertz CT molecular complexity index is 1010. The summed E-state index contributed by atoms with van der Waals surface area (Å²) in [5.74, 6) is 0.895. The van der Waals surface area contributed by atoms with E-state index < -0.39 is 0 Å². The molecule has 0 unspecified atom stereocenters. The number of thiazole rings is 1. The molecule has 0 amide bonds. The van der Waals surface area contributed by atoms with Gasteiger partial charge in [0.2, 0.25) is 0 Å². The van der Waals surface area contributed by atoms with Crippen LogP contribution in [-0.2, 0) is 11.2 Å². The third-order valence-electron chi connectivity index (χ3n) is 3.97. The van der Waals surface area contributed by atoms with Gasteiger partial charge < -0.3 is 9.47 Å². The molecule has 0 fully saturated rings. The highest BCUT2D eigenvalue weighted by molar-refractivity contribution is 7.21. The van der Waals surface area contributed by atoms with Crippen molar-refractivity contribution in [3.63, 3.8) is 0 Å². The van der Waals surface area contributed by atoms with E-state index in [1.807, 2.05) is 6.07 Å². The second-order valence-corrected chi connectivity index (χ2v) is 7.40. The first kappa shape index (κ1) is 19.6. The minimum absolute atomic E-state index is 0.0103. The molecule has 0 aliphatic rings. The summed E-state index contributed by atoms with van der Waals surface area (Å²) in [7, 11) is 3.05. The van der Waals surface area contributed by atoms with Crippen LogP contribution in [-0.4, -0.2) is 30.0 Å². The van der Waals surface area contributed by atoms with Crippen molar-refractivity contribution < 1.29 is 14.3 Å². The predicted molar refractivity (Wildman–Crippen MR) is 110 cm³/mol. The van der Waals surface area contributed by atoms with Crippen LogP contribution in [0.15, 0.2) is 31.0 Å². The monoisotopic (exact) mass is 422 g/mol. The van der Waals surface area contributed by atoms with Crippen molar-refractivity contribution in [3.8, 4) is 22.1 Å². The van der Waals surface area contributed by atoms with Gasteiger partial charge in [0.1, 0.15) is 22.0 Å². The molecular formula is C19H16Cl2N2O3S. The SMILES string of the molecule is C=CC(=O)CCc1cc2sc(-c3c(Cl)c(OC)cc(OC)c3Cl)nc2cn1. The lowest BCUT2D eigenvalue weighted by atomic mass is 10.1. The average Bonchev–Trinajstić information content (AvgIpc) is 3.09. The van der Waals surface area contributed by atoms with Crippen molar-refractivity contribution >= 4 is 50.5 Å². The number of carbonyl (C=O) groups is 1. The molecule has 0 N–H and O–H groups in total. The van der Waals surface area contributed by atoms with Crippen LogP contribution in [0.25, 0.3) is 20.8 Å². The third-order valence-corrected chi connectivity index (χ3v) is 5.76. The fourth-order valence-electron chi connectivity index (χ4n) is 2.54. The molecular weight excluding hydrogens is 407 g/mol. The number of methoxy groups -OCH3 is 2. The van der Waals surface area contributed by atoms with Crippen molar-refractivity contribution in [2.24, 2.45) is 0 Å². The van der Waals surface area contributed by atoms with Gasteiger partial charge in [0.15, 0.2) is 5.78 Å². The maximum Gasteiger partial charge on any atom is 0.155 e. The molecule has 140 valence electrons. The molecule has 0 aliphatic heterocycles. The first-order valence-corrected chi connectivity index (χ1v) is 9.56. The molecule has 0 radical (unpaired) electrons. The number of hydrogen-bond donors (Lipinski definition) is 0. The minimum Gasteiger partial charge on any atom is -0.495 e. The summed E-state index contributed by atoms with van der Waals surface area (Å²) in [5, 5.41) is 1.37. The number of ketones is 1. The molecule has 2 aromatic heterocycles. The van der Waals surface area contributed by atoms with Gasteiger partial charge in [0, 0.05) is 18.2 Å². The number of rotatable bonds is 7. The Hall–Kier alpha value is -2.15. The van der Waals surface area contributed by atoms with Crippen molar-refractivity contribution in [2.45, 2.75) is 12.8 Å². The zero-order valence-electron chi connectivity index (χ0n) is 14.7. The number of carbonyl (C=O) groups excluding carboxylic acids is 1. The normalized spacial score (nSPS) is 10.8. The Balaban J connectivity index is 2.05.